The summed E-state index contributed by atoms with van der Waals surface area (Å²) < 4.78 is 10.3. The molecule has 2 aliphatic rings. The minimum absolute atomic E-state index is 0.167. The van der Waals surface area contributed by atoms with Crippen LogP contribution in [0.2, 0.25) is 0 Å². The van der Waals surface area contributed by atoms with Crippen molar-refractivity contribution in [2.24, 2.45) is 0 Å². The van der Waals surface area contributed by atoms with Gasteiger partial charge in [0.1, 0.15) is 6.10 Å². The molecule has 3 nitrogen and oxygen atoms in total. The Balaban J connectivity index is 1.81. The smallest absolute Gasteiger partial charge is 0.330 e. The van der Waals surface area contributed by atoms with E-state index in [9.17, 15) is 4.79 Å². The monoisotopic (exact) mass is 182 g/mol. The third kappa shape index (κ3) is 2.84. The van der Waals surface area contributed by atoms with Crippen molar-refractivity contribution >= 4 is 5.97 Å². The number of hydrogen-bond acceptors (Lipinski definition) is 3. The van der Waals surface area contributed by atoms with E-state index in [1.807, 2.05) is 0 Å². The largest absolute Gasteiger partial charge is 0.459 e. The maximum absolute atomic E-state index is 11.2. The molecule has 3 heteroatoms. The molecule has 72 valence electrons. The Labute approximate surface area is 77.7 Å². The molecule has 1 aliphatic heterocycles. The van der Waals surface area contributed by atoms with Crippen LogP contribution in [0.3, 0.4) is 0 Å². The first kappa shape index (κ1) is 8.75. The molecule has 1 saturated carbocycles. The summed E-state index contributed by atoms with van der Waals surface area (Å²) in [6, 6.07) is 0. The van der Waals surface area contributed by atoms with Crippen LogP contribution in [-0.2, 0) is 14.3 Å². The number of carbonyl (C=O) groups is 1. The van der Waals surface area contributed by atoms with E-state index < -0.39 is 0 Å². The lowest BCUT2D eigenvalue weighted by atomic mass is 10.1. The topological polar surface area (TPSA) is 35.5 Å². The Morgan fingerprint density at radius 2 is 2.08 bits per heavy atom. The zero-order valence-corrected chi connectivity index (χ0v) is 7.62. The van der Waals surface area contributed by atoms with Crippen molar-refractivity contribution in [1.29, 1.82) is 0 Å². The van der Waals surface area contributed by atoms with Crippen LogP contribution in [0.15, 0.2) is 11.6 Å². The summed E-state index contributed by atoms with van der Waals surface area (Å²) in [7, 11) is 0. The first-order valence-electron chi connectivity index (χ1n) is 4.82. The van der Waals surface area contributed by atoms with E-state index in [2.05, 4.69) is 0 Å². The van der Waals surface area contributed by atoms with Crippen LogP contribution < -0.4 is 0 Å². The summed E-state index contributed by atoms with van der Waals surface area (Å²) in [4.78, 5) is 11.2. The van der Waals surface area contributed by atoms with Crippen molar-refractivity contribution in [1.82, 2.24) is 0 Å². The quantitative estimate of drug-likeness (QED) is 0.478. The van der Waals surface area contributed by atoms with Gasteiger partial charge in [0.15, 0.2) is 0 Å². The average molecular weight is 182 g/mol. The second kappa shape index (κ2) is 3.92. The molecule has 0 N–H and O–H groups in total. The minimum Gasteiger partial charge on any atom is -0.459 e. The number of ether oxygens (including phenoxy) is 2. The normalized spacial score (nSPS) is 22.6. The van der Waals surface area contributed by atoms with Gasteiger partial charge in [-0.15, -0.1) is 0 Å². The van der Waals surface area contributed by atoms with Crippen molar-refractivity contribution in [3.63, 3.8) is 0 Å². The van der Waals surface area contributed by atoms with Crippen LogP contribution in [-0.4, -0.2) is 25.3 Å². The Hall–Kier alpha value is -0.830. The maximum Gasteiger partial charge on any atom is 0.330 e. The molecular formula is C10H14O3. The summed E-state index contributed by atoms with van der Waals surface area (Å²) in [5.41, 5.74) is 1.16. The second-order valence-electron chi connectivity index (χ2n) is 3.55. The van der Waals surface area contributed by atoms with Crippen LogP contribution >= 0.6 is 0 Å². The minimum atomic E-state index is -0.167. The molecule has 13 heavy (non-hydrogen) atoms. The zero-order chi connectivity index (χ0) is 9.10. The predicted octanol–water partition coefficient (Wildman–Crippen LogP) is 1.43. The van der Waals surface area contributed by atoms with Crippen molar-refractivity contribution < 1.29 is 14.3 Å². The highest BCUT2D eigenvalue weighted by Gasteiger charge is 2.25. The number of carbonyl (C=O) groups excluding carboxylic acids is 1. The predicted molar refractivity (Wildman–Crippen MR) is 47.3 cm³/mol. The fourth-order valence-electron chi connectivity index (χ4n) is 1.33. The van der Waals surface area contributed by atoms with E-state index in [4.69, 9.17) is 9.47 Å². The van der Waals surface area contributed by atoms with Gasteiger partial charge < -0.3 is 9.47 Å². The van der Waals surface area contributed by atoms with Crippen molar-refractivity contribution in [2.45, 2.75) is 31.8 Å². The van der Waals surface area contributed by atoms with Gasteiger partial charge in [-0.1, -0.05) is 5.57 Å². The van der Waals surface area contributed by atoms with Gasteiger partial charge in [0, 0.05) is 6.08 Å². The highest BCUT2D eigenvalue weighted by Crippen LogP contribution is 2.24. The lowest BCUT2D eigenvalue weighted by Gasteiger charge is -2.13. The standard InChI is InChI=1S/C10H14O3/c11-10(13-9-1-2-9)7-8-3-5-12-6-4-8/h7,9H,1-6H2. The van der Waals surface area contributed by atoms with Gasteiger partial charge >= 0.3 is 5.97 Å². The molecule has 1 saturated heterocycles. The van der Waals surface area contributed by atoms with E-state index in [1.54, 1.807) is 6.08 Å². The molecule has 0 aromatic carbocycles. The van der Waals surface area contributed by atoms with Crippen LogP contribution in [0, 0.1) is 0 Å². The average Bonchev–Trinajstić information content (AvgIpc) is 2.90. The Morgan fingerprint density at radius 3 is 2.69 bits per heavy atom. The highest BCUT2D eigenvalue weighted by molar-refractivity contribution is 5.83. The van der Waals surface area contributed by atoms with Gasteiger partial charge in [0.25, 0.3) is 0 Å². The molecule has 0 amide bonds. The number of hydrogen-bond donors (Lipinski definition) is 0. The van der Waals surface area contributed by atoms with Gasteiger partial charge in [-0.2, -0.15) is 0 Å². The molecule has 1 heterocycles. The van der Waals surface area contributed by atoms with E-state index in [0.717, 1.165) is 44.5 Å². The van der Waals surface area contributed by atoms with Gasteiger partial charge in [-0.25, -0.2) is 4.79 Å². The lowest BCUT2D eigenvalue weighted by Crippen LogP contribution is -2.10. The molecule has 0 radical (unpaired) electrons. The molecule has 0 atom stereocenters. The Bertz CT molecular complexity index is 220. The summed E-state index contributed by atoms with van der Waals surface area (Å²) >= 11 is 0. The zero-order valence-electron chi connectivity index (χ0n) is 7.62. The summed E-state index contributed by atoms with van der Waals surface area (Å²) in [6.45, 7) is 1.48. The third-order valence-electron chi connectivity index (χ3n) is 2.26. The van der Waals surface area contributed by atoms with Crippen LogP contribution in [0.5, 0.6) is 0 Å². The van der Waals surface area contributed by atoms with Crippen LogP contribution in [0.25, 0.3) is 0 Å². The highest BCUT2D eigenvalue weighted by atomic mass is 16.5. The summed E-state index contributed by atoms with van der Waals surface area (Å²) in [5, 5.41) is 0. The van der Waals surface area contributed by atoms with E-state index in [0.29, 0.717) is 0 Å². The molecule has 0 aromatic heterocycles. The molecule has 0 spiro atoms. The third-order valence-corrected chi connectivity index (χ3v) is 2.26. The van der Waals surface area contributed by atoms with E-state index >= 15 is 0 Å². The second-order valence-corrected chi connectivity index (χ2v) is 3.55. The molecule has 0 bridgehead atoms. The fraction of sp³-hybridized carbons (Fsp3) is 0.700. The molecule has 0 aromatic rings. The Kier molecular flexibility index (Phi) is 2.64. The van der Waals surface area contributed by atoms with E-state index in [-0.39, 0.29) is 12.1 Å². The first-order chi connectivity index (χ1) is 6.34. The van der Waals surface area contributed by atoms with Gasteiger partial charge in [0.2, 0.25) is 0 Å². The van der Waals surface area contributed by atoms with Crippen molar-refractivity contribution in [3.8, 4) is 0 Å². The van der Waals surface area contributed by atoms with Crippen LogP contribution in [0.1, 0.15) is 25.7 Å². The molecule has 0 unspecified atom stereocenters. The van der Waals surface area contributed by atoms with Crippen molar-refractivity contribution in [3.05, 3.63) is 11.6 Å². The fourth-order valence-corrected chi connectivity index (χ4v) is 1.33. The van der Waals surface area contributed by atoms with Crippen LogP contribution in [0.4, 0.5) is 0 Å². The lowest BCUT2D eigenvalue weighted by molar-refractivity contribution is -0.139. The molecule has 1 aliphatic carbocycles. The summed E-state index contributed by atoms with van der Waals surface area (Å²) in [6.07, 6.45) is 5.68. The van der Waals surface area contributed by atoms with E-state index in [1.165, 1.54) is 0 Å². The number of rotatable bonds is 2. The SMILES string of the molecule is O=C(C=C1CCOCC1)OC1CC1. The molecular weight excluding hydrogens is 168 g/mol. The van der Waals surface area contributed by atoms with Crippen molar-refractivity contribution in [2.75, 3.05) is 13.2 Å². The summed E-state index contributed by atoms with van der Waals surface area (Å²) in [5.74, 6) is -0.167. The molecule has 2 fully saturated rings. The maximum atomic E-state index is 11.2. The Morgan fingerprint density at radius 1 is 1.38 bits per heavy atom. The van der Waals surface area contributed by atoms with Gasteiger partial charge in [-0.3, -0.25) is 0 Å². The number of esters is 1. The first-order valence-corrected chi connectivity index (χ1v) is 4.82. The van der Waals surface area contributed by atoms with Gasteiger partial charge in [0.05, 0.1) is 13.2 Å². The van der Waals surface area contributed by atoms with Gasteiger partial charge in [-0.05, 0) is 25.7 Å². The molecule has 2 rings (SSSR count).